The lowest BCUT2D eigenvalue weighted by Crippen LogP contribution is -2.36. The van der Waals surface area contributed by atoms with Crippen LogP contribution in [0, 0.1) is 5.92 Å². The molecule has 2 amide bonds. The van der Waals surface area contributed by atoms with E-state index in [0.29, 0.717) is 13.0 Å². The monoisotopic (exact) mass is 390 g/mol. The van der Waals surface area contributed by atoms with Crippen molar-refractivity contribution in [2.75, 3.05) is 11.9 Å². The van der Waals surface area contributed by atoms with Gasteiger partial charge in [0.25, 0.3) is 5.91 Å². The molecule has 1 fully saturated rings. The van der Waals surface area contributed by atoms with Crippen LogP contribution in [-0.4, -0.2) is 23.3 Å². The van der Waals surface area contributed by atoms with Crippen LogP contribution in [0.2, 0.25) is 0 Å². The number of rotatable bonds is 5. The summed E-state index contributed by atoms with van der Waals surface area (Å²) < 4.78 is 0. The summed E-state index contributed by atoms with van der Waals surface area (Å²) >= 11 is 0. The Kier molecular flexibility index (Phi) is 6.28. The number of benzene rings is 2. The first-order valence-electron chi connectivity index (χ1n) is 10.9. The van der Waals surface area contributed by atoms with Gasteiger partial charge in [0.2, 0.25) is 5.91 Å². The first-order valence-corrected chi connectivity index (χ1v) is 10.9. The molecular formula is C25H30N2O2. The first kappa shape index (κ1) is 19.7. The molecule has 4 rings (SSSR count). The molecule has 2 aromatic rings. The van der Waals surface area contributed by atoms with Crippen molar-refractivity contribution >= 4 is 17.5 Å². The number of anilines is 1. The Morgan fingerprint density at radius 1 is 0.966 bits per heavy atom. The minimum atomic E-state index is 0.0678. The second-order valence-corrected chi connectivity index (χ2v) is 8.42. The van der Waals surface area contributed by atoms with Gasteiger partial charge in [0, 0.05) is 30.8 Å². The molecule has 0 unspecified atom stereocenters. The molecule has 0 atom stereocenters. The predicted octanol–water partition coefficient (Wildman–Crippen LogP) is 5.18. The van der Waals surface area contributed by atoms with Crippen LogP contribution in [0.3, 0.4) is 0 Å². The lowest BCUT2D eigenvalue weighted by atomic mass is 9.86. The summed E-state index contributed by atoms with van der Waals surface area (Å²) in [5.41, 5.74) is 3.96. The van der Waals surface area contributed by atoms with E-state index in [9.17, 15) is 9.59 Å². The van der Waals surface area contributed by atoms with Crippen molar-refractivity contribution in [3.8, 4) is 0 Å². The van der Waals surface area contributed by atoms with Crippen LogP contribution in [0.1, 0.15) is 66.4 Å². The van der Waals surface area contributed by atoms with Crippen molar-refractivity contribution in [1.82, 2.24) is 4.90 Å². The molecule has 4 nitrogen and oxygen atoms in total. The fourth-order valence-corrected chi connectivity index (χ4v) is 4.61. The lowest BCUT2D eigenvalue weighted by Gasteiger charge is -2.29. The number of carbonyl (C=O) groups excluding carboxylic acids is 2. The van der Waals surface area contributed by atoms with E-state index < -0.39 is 0 Å². The second-order valence-electron chi connectivity index (χ2n) is 8.42. The Morgan fingerprint density at radius 2 is 1.76 bits per heavy atom. The van der Waals surface area contributed by atoms with Crippen LogP contribution in [-0.2, 0) is 17.8 Å². The van der Waals surface area contributed by atoms with E-state index in [1.54, 1.807) is 0 Å². The van der Waals surface area contributed by atoms with Crippen LogP contribution in [0.5, 0.6) is 0 Å². The standard InChI is InChI=1S/C25H30N2O2/c28-24(14-11-19-7-3-1-4-8-19)26-23-13-12-20-15-16-27(18-22(20)17-23)25(29)21-9-5-2-6-10-21/h2,5-6,9-10,12-13,17,19H,1,3-4,7-8,11,14-16,18H2,(H,26,28). The summed E-state index contributed by atoms with van der Waals surface area (Å²) in [5, 5.41) is 3.06. The van der Waals surface area contributed by atoms with Gasteiger partial charge in [-0.2, -0.15) is 0 Å². The third-order valence-electron chi connectivity index (χ3n) is 6.31. The smallest absolute Gasteiger partial charge is 0.254 e. The molecule has 0 bridgehead atoms. The normalized spacial score (nSPS) is 16.9. The van der Waals surface area contributed by atoms with E-state index in [4.69, 9.17) is 0 Å². The van der Waals surface area contributed by atoms with Gasteiger partial charge in [0.05, 0.1) is 0 Å². The topological polar surface area (TPSA) is 49.4 Å². The summed E-state index contributed by atoms with van der Waals surface area (Å²) in [6.45, 7) is 1.32. The number of nitrogens with zero attached hydrogens (tertiary/aromatic N) is 1. The third-order valence-corrected chi connectivity index (χ3v) is 6.31. The summed E-state index contributed by atoms with van der Waals surface area (Å²) in [6.07, 6.45) is 8.97. The van der Waals surface area contributed by atoms with Crippen molar-refractivity contribution in [1.29, 1.82) is 0 Å². The number of hydrogen-bond donors (Lipinski definition) is 1. The molecule has 1 heterocycles. The molecule has 2 aliphatic rings. The van der Waals surface area contributed by atoms with Gasteiger partial charge in [-0.25, -0.2) is 0 Å². The van der Waals surface area contributed by atoms with E-state index in [1.165, 1.54) is 37.7 Å². The highest BCUT2D eigenvalue weighted by atomic mass is 16.2. The zero-order valence-electron chi connectivity index (χ0n) is 17.0. The van der Waals surface area contributed by atoms with Gasteiger partial charge in [0.1, 0.15) is 0 Å². The highest BCUT2D eigenvalue weighted by molar-refractivity contribution is 5.94. The van der Waals surface area contributed by atoms with Gasteiger partial charge in [-0.3, -0.25) is 9.59 Å². The Hall–Kier alpha value is -2.62. The van der Waals surface area contributed by atoms with Crippen molar-refractivity contribution in [2.24, 2.45) is 5.92 Å². The highest BCUT2D eigenvalue weighted by Gasteiger charge is 2.22. The maximum absolute atomic E-state index is 12.8. The zero-order valence-corrected chi connectivity index (χ0v) is 17.0. The van der Waals surface area contributed by atoms with E-state index in [0.717, 1.165) is 42.1 Å². The summed E-state index contributed by atoms with van der Waals surface area (Å²) in [4.78, 5) is 27.1. The zero-order chi connectivity index (χ0) is 20.1. The largest absolute Gasteiger partial charge is 0.334 e. The fourth-order valence-electron chi connectivity index (χ4n) is 4.61. The van der Waals surface area contributed by atoms with E-state index in [2.05, 4.69) is 11.4 Å². The van der Waals surface area contributed by atoms with Gasteiger partial charge in [-0.15, -0.1) is 0 Å². The molecule has 1 saturated carbocycles. The van der Waals surface area contributed by atoms with E-state index >= 15 is 0 Å². The molecule has 152 valence electrons. The number of fused-ring (bicyclic) bond motifs is 1. The highest BCUT2D eigenvalue weighted by Crippen LogP contribution is 2.28. The summed E-state index contributed by atoms with van der Waals surface area (Å²) in [5.74, 6) is 0.886. The van der Waals surface area contributed by atoms with Crippen molar-refractivity contribution in [3.63, 3.8) is 0 Å². The Morgan fingerprint density at radius 3 is 2.55 bits per heavy atom. The van der Waals surface area contributed by atoms with Gasteiger partial charge in [-0.1, -0.05) is 56.4 Å². The number of amides is 2. The maximum atomic E-state index is 12.8. The molecule has 0 saturated heterocycles. The average molecular weight is 391 g/mol. The van der Waals surface area contributed by atoms with Crippen LogP contribution >= 0.6 is 0 Å². The molecule has 1 aliphatic heterocycles. The van der Waals surface area contributed by atoms with Gasteiger partial charge in [-0.05, 0) is 54.2 Å². The number of carbonyl (C=O) groups is 2. The van der Waals surface area contributed by atoms with E-state index in [-0.39, 0.29) is 11.8 Å². The lowest BCUT2D eigenvalue weighted by molar-refractivity contribution is -0.116. The Balaban J connectivity index is 1.35. The molecule has 0 spiro atoms. The SMILES string of the molecule is O=C(CCC1CCCCC1)Nc1ccc2c(c1)CN(C(=O)c1ccccc1)CC2. The third kappa shape index (κ3) is 5.06. The Labute approximate surface area is 173 Å². The summed E-state index contributed by atoms with van der Waals surface area (Å²) in [7, 11) is 0. The van der Waals surface area contributed by atoms with Crippen LogP contribution in [0.4, 0.5) is 5.69 Å². The van der Waals surface area contributed by atoms with Crippen LogP contribution in [0.15, 0.2) is 48.5 Å². The van der Waals surface area contributed by atoms with Gasteiger partial charge >= 0.3 is 0 Å². The molecule has 29 heavy (non-hydrogen) atoms. The minimum absolute atomic E-state index is 0.0678. The van der Waals surface area contributed by atoms with Crippen LogP contribution in [0.25, 0.3) is 0 Å². The van der Waals surface area contributed by atoms with Crippen molar-refractivity contribution in [2.45, 2.75) is 57.9 Å². The molecule has 4 heteroatoms. The van der Waals surface area contributed by atoms with E-state index in [1.807, 2.05) is 47.4 Å². The van der Waals surface area contributed by atoms with Crippen LogP contribution < -0.4 is 5.32 Å². The van der Waals surface area contributed by atoms with Gasteiger partial charge < -0.3 is 10.2 Å². The predicted molar refractivity (Wildman–Crippen MR) is 116 cm³/mol. The summed E-state index contributed by atoms with van der Waals surface area (Å²) in [6, 6.07) is 15.6. The fraction of sp³-hybridized carbons (Fsp3) is 0.440. The number of hydrogen-bond acceptors (Lipinski definition) is 2. The quantitative estimate of drug-likeness (QED) is 0.764. The molecule has 1 N–H and O–H groups in total. The molecule has 0 radical (unpaired) electrons. The average Bonchev–Trinajstić information content (AvgIpc) is 2.78. The second kappa shape index (κ2) is 9.25. The van der Waals surface area contributed by atoms with Crippen molar-refractivity contribution < 1.29 is 9.59 Å². The number of nitrogens with one attached hydrogen (secondary N) is 1. The molecule has 0 aromatic heterocycles. The Bertz CT molecular complexity index is 856. The maximum Gasteiger partial charge on any atom is 0.254 e. The van der Waals surface area contributed by atoms with Crippen molar-refractivity contribution in [3.05, 3.63) is 65.2 Å². The molecular weight excluding hydrogens is 360 g/mol. The minimum Gasteiger partial charge on any atom is -0.334 e. The first-order chi connectivity index (χ1) is 14.2. The molecule has 1 aliphatic carbocycles. The molecule has 2 aromatic carbocycles. The van der Waals surface area contributed by atoms with Gasteiger partial charge in [0.15, 0.2) is 0 Å².